The Morgan fingerprint density at radius 1 is 1.18 bits per heavy atom. The van der Waals surface area contributed by atoms with Gasteiger partial charge in [-0.25, -0.2) is 4.79 Å². The summed E-state index contributed by atoms with van der Waals surface area (Å²) in [5.74, 6) is 0.107. The van der Waals surface area contributed by atoms with E-state index in [2.05, 4.69) is 16.0 Å². The third kappa shape index (κ3) is 5.15. The zero-order chi connectivity index (χ0) is 19.9. The quantitative estimate of drug-likeness (QED) is 0.709. The lowest BCUT2D eigenvalue weighted by Crippen LogP contribution is -2.42. The van der Waals surface area contributed by atoms with Gasteiger partial charge in [0.2, 0.25) is 11.8 Å². The van der Waals surface area contributed by atoms with Crippen molar-refractivity contribution in [2.24, 2.45) is 0 Å². The van der Waals surface area contributed by atoms with Crippen molar-refractivity contribution in [2.45, 2.75) is 39.3 Å². The first-order valence-electron chi connectivity index (χ1n) is 9.99. The lowest BCUT2D eigenvalue weighted by atomic mass is 10.1. The number of anilines is 1. The molecule has 2 aliphatic heterocycles. The largest absolute Gasteiger partial charge is 0.384 e. The second-order valence-corrected chi connectivity index (χ2v) is 7.20. The van der Waals surface area contributed by atoms with Crippen molar-refractivity contribution in [3.63, 3.8) is 0 Å². The minimum absolute atomic E-state index is 0.0213. The number of amides is 4. The molecule has 0 aromatic heterocycles. The average Bonchev–Trinajstić information content (AvgIpc) is 3.23. The van der Waals surface area contributed by atoms with Gasteiger partial charge in [-0.1, -0.05) is 12.1 Å². The highest BCUT2D eigenvalue weighted by molar-refractivity contribution is 5.84. The summed E-state index contributed by atoms with van der Waals surface area (Å²) >= 11 is 0. The zero-order valence-corrected chi connectivity index (χ0v) is 16.4. The maximum Gasteiger partial charge on any atom is 0.315 e. The minimum atomic E-state index is -0.359. The van der Waals surface area contributed by atoms with Crippen molar-refractivity contribution in [2.75, 3.05) is 38.0 Å². The summed E-state index contributed by atoms with van der Waals surface area (Å²) in [4.78, 5) is 39.7. The number of rotatable bonds is 5. The van der Waals surface area contributed by atoms with Crippen molar-refractivity contribution >= 4 is 23.5 Å². The van der Waals surface area contributed by atoms with Crippen LogP contribution < -0.4 is 16.0 Å². The molecule has 4 amide bonds. The molecule has 8 nitrogen and oxygen atoms in total. The molecule has 0 spiro atoms. The Hall–Kier alpha value is -2.77. The number of benzene rings is 1. The van der Waals surface area contributed by atoms with E-state index in [1.54, 1.807) is 4.90 Å². The van der Waals surface area contributed by atoms with Crippen molar-refractivity contribution in [3.05, 3.63) is 29.3 Å². The summed E-state index contributed by atoms with van der Waals surface area (Å²) in [6.07, 6.45) is 2.56. The Labute approximate surface area is 165 Å². The van der Waals surface area contributed by atoms with Crippen LogP contribution in [0.4, 0.5) is 10.5 Å². The molecule has 3 N–H and O–H groups in total. The van der Waals surface area contributed by atoms with E-state index < -0.39 is 0 Å². The fraction of sp³-hybridized carbons (Fsp3) is 0.550. The topological polar surface area (TPSA) is 93.8 Å². The van der Waals surface area contributed by atoms with Gasteiger partial charge in [-0.15, -0.1) is 0 Å². The fourth-order valence-corrected chi connectivity index (χ4v) is 3.58. The Bertz CT molecular complexity index is 731. The Balaban J connectivity index is 1.52. The van der Waals surface area contributed by atoms with Gasteiger partial charge in [-0.05, 0) is 37.0 Å². The number of urea groups is 1. The van der Waals surface area contributed by atoms with Gasteiger partial charge in [0.15, 0.2) is 0 Å². The van der Waals surface area contributed by atoms with Gasteiger partial charge in [-0.2, -0.15) is 0 Å². The molecule has 3 rings (SSSR count). The average molecular weight is 387 g/mol. The molecule has 1 aromatic carbocycles. The standard InChI is InChI=1S/C20H29N5O3/c1-2-24-14-16-11-15(5-6-17(16)21-8-7-18(24)26)12-22-20(28)23-13-19(27)25-9-3-4-10-25/h5-6,11,21H,2-4,7-10,12-14H2,1H3,(H2,22,23,28). The molecule has 28 heavy (non-hydrogen) atoms. The van der Waals surface area contributed by atoms with E-state index in [0.29, 0.717) is 32.6 Å². The summed E-state index contributed by atoms with van der Waals surface area (Å²) in [6.45, 7) is 5.77. The maximum atomic E-state index is 12.1. The van der Waals surface area contributed by atoms with Crippen LogP contribution in [0.3, 0.4) is 0 Å². The number of carbonyl (C=O) groups is 3. The van der Waals surface area contributed by atoms with Crippen LogP contribution in [-0.4, -0.2) is 60.4 Å². The number of likely N-dealkylation sites (tertiary alicyclic amines) is 1. The van der Waals surface area contributed by atoms with E-state index in [1.165, 1.54) is 0 Å². The molecule has 2 heterocycles. The van der Waals surface area contributed by atoms with Gasteiger partial charge >= 0.3 is 6.03 Å². The number of hydrogen-bond acceptors (Lipinski definition) is 4. The van der Waals surface area contributed by atoms with Crippen LogP contribution in [0.5, 0.6) is 0 Å². The molecular formula is C20H29N5O3. The van der Waals surface area contributed by atoms with Crippen LogP contribution in [-0.2, 0) is 22.7 Å². The molecule has 0 saturated carbocycles. The highest BCUT2D eigenvalue weighted by atomic mass is 16.2. The first kappa shape index (κ1) is 20.0. The number of hydrogen-bond donors (Lipinski definition) is 3. The summed E-state index contributed by atoms with van der Waals surface area (Å²) in [5.41, 5.74) is 3.01. The second kappa shape index (κ2) is 9.43. The fourth-order valence-electron chi connectivity index (χ4n) is 3.58. The van der Waals surface area contributed by atoms with Crippen LogP contribution in [0, 0.1) is 0 Å². The van der Waals surface area contributed by atoms with Gasteiger partial charge in [-0.3, -0.25) is 9.59 Å². The van der Waals surface area contributed by atoms with Gasteiger partial charge < -0.3 is 25.8 Å². The first-order valence-corrected chi connectivity index (χ1v) is 9.99. The maximum absolute atomic E-state index is 12.1. The predicted molar refractivity (Wildman–Crippen MR) is 107 cm³/mol. The lowest BCUT2D eigenvalue weighted by Gasteiger charge is -2.26. The molecular weight excluding hydrogens is 358 g/mol. The number of fused-ring (bicyclic) bond motifs is 1. The number of nitrogens with one attached hydrogen (secondary N) is 3. The van der Waals surface area contributed by atoms with E-state index in [-0.39, 0.29) is 24.4 Å². The second-order valence-electron chi connectivity index (χ2n) is 7.20. The summed E-state index contributed by atoms with van der Waals surface area (Å²) in [6, 6.07) is 5.61. The smallest absolute Gasteiger partial charge is 0.315 e. The van der Waals surface area contributed by atoms with E-state index in [9.17, 15) is 14.4 Å². The van der Waals surface area contributed by atoms with Crippen molar-refractivity contribution < 1.29 is 14.4 Å². The molecule has 0 unspecified atom stereocenters. The van der Waals surface area contributed by atoms with E-state index in [1.807, 2.05) is 30.0 Å². The number of carbonyl (C=O) groups excluding carboxylic acids is 3. The Morgan fingerprint density at radius 3 is 2.71 bits per heavy atom. The molecule has 0 aliphatic carbocycles. The van der Waals surface area contributed by atoms with Gasteiger partial charge in [0, 0.05) is 51.4 Å². The highest BCUT2D eigenvalue weighted by Gasteiger charge is 2.19. The van der Waals surface area contributed by atoms with Crippen LogP contribution >= 0.6 is 0 Å². The van der Waals surface area contributed by atoms with Gasteiger partial charge in [0.1, 0.15) is 0 Å². The summed E-state index contributed by atoms with van der Waals surface area (Å²) < 4.78 is 0. The van der Waals surface area contributed by atoms with Crippen LogP contribution in [0.15, 0.2) is 18.2 Å². The molecule has 1 aromatic rings. The molecule has 0 bridgehead atoms. The molecule has 0 atom stereocenters. The van der Waals surface area contributed by atoms with Crippen LogP contribution in [0.1, 0.15) is 37.3 Å². The third-order valence-electron chi connectivity index (χ3n) is 5.23. The normalized spacial score (nSPS) is 16.7. The summed E-state index contributed by atoms with van der Waals surface area (Å²) in [5, 5.41) is 8.72. The van der Waals surface area contributed by atoms with Crippen LogP contribution in [0.2, 0.25) is 0 Å². The van der Waals surface area contributed by atoms with Gasteiger partial charge in [0.25, 0.3) is 0 Å². The Kier molecular flexibility index (Phi) is 6.73. The molecule has 2 aliphatic rings. The molecule has 1 fully saturated rings. The molecule has 0 radical (unpaired) electrons. The number of nitrogens with zero attached hydrogens (tertiary/aromatic N) is 2. The monoisotopic (exact) mass is 387 g/mol. The van der Waals surface area contributed by atoms with Crippen molar-refractivity contribution in [3.8, 4) is 0 Å². The minimum Gasteiger partial charge on any atom is -0.384 e. The molecule has 1 saturated heterocycles. The molecule has 8 heteroatoms. The zero-order valence-electron chi connectivity index (χ0n) is 16.4. The SMILES string of the molecule is CCN1Cc2cc(CNC(=O)NCC(=O)N3CCCC3)ccc2NCCC1=O. The van der Waals surface area contributed by atoms with E-state index in [0.717, 1.165) is 42.7 Å². The first-order chi connectivity index (χ1) is 13.6. The third-order valence-corrected chi connectivity index (χ3v) is 5.23. The van der Waals surface area contributed by atoms with Crippen LogP contribution in [0.25, 0.3) is 0 Å². The van der Waals surface area contributed by atoms with Gasteiger partial charge in [0.05, 0.1) is 6.54 Å². The molecule has 152 valence electrons. The summed E-state index contributed by atoms with van der Waals surface area (Å²) in [7, 11) is 0. The highest BCUT2D eigenvalue weighted by Crippen LogP contribution is 2.22. The van der Waals surface area contributed by atoms with Crippen molar-refractivity contribution in [1.82, 2.24) is 20.4 Å². The Morgan fingerprint density at radius 2 is 1.96 bits per heavy atom. The van der Waals surface area contributed by atoms with E-state index >= 15 is 0 Å². The predicted octanol–water partition coefficient (Wildman–Crippen LogP) is 1.27. The lowest BCUT2D eigenvalue weighted by molar-refractivity contribution is -0.131. The van der Waals surface area contributed by atoms with E-state index in [4.69, 9.17) is 0 Å². The van der Waals surface area contributed by atoms with Crippen molar-refractivity contribution in [1.29, 1.82) is 0 Å².